The Kier molecular flexibility index (Phi) is 3.74. The molecule has 1 aromatic heterocycles. The quantitative estimate of drug-likeness (QED) is 0.871. The molecule has 0 fully saturated rings. The Morgan fingerprint density at radius 1 is 1.26 bits per heavy atom. The Bertz CT molecular complexity index is 679. The average molecular weight is 275 g/mol. The van der Waals surface area contributed by atoms with E-state index in [4.69, 9.17) is 10.8 Å². The van der Waals surface area contributed by atoms with Gasteiger partial charge in [-0.3, -0.25) is 0 Å². The van der Waals surface area contributed by atoms with Crippen molar-refractivity contribution >= 4 is 10.0 Å². The molecule has 1 aromatic carbocycles. The maximum Gasteiger partial charge on any atom is 0.242 e. The Balaban J connectivity index is 2.26. The fraction of sp³-hybridized carbons (Fsp3) is 0.143. The van der Waals surface area contributed by atoms with Gasteiger partial charge >= 0.3 is 0 Å². The van der Waals surface area contributed by atoms with E-state index in [1.165, 1.54) is 18.4 Å². The minimum Gasteiger partial charge on any atom is -0.467 e. The number of hydrogen-bond acceptors (Lipinski definition) is 3. The van der Waals surface area contributed by atoms with E-state index < -0.39 is 16.1 Å². The third-order valence-electron chi connectivity index (χ3n) is 2.60. The molecule has 0 aliphatic carbocycles. The zero-order valence-electron chi connectivity index (χ0n) is 10.3. The first-order valence-electron chi connectivity index (χ1n) is 5.61. The molecular formula is C14H13NO3S. The lowest BCUT2D eigenvalue weighted by molar-refractivity contribution is 0.481. The SMILES string of the molecule is C#CC(NS(=O)(=O)c1ccc(C)cc1)c1ccco1. The summed E-state index contributed by atoms with van der Waals surface area (Å²) in [6, 6.07) is 8.99. The third kappa shape index (κ3) is 3.05. The van der Waals surface area contributed by atoms with Crippen LogP contribution in [-0.2, 0) is 10.0 Å². The molecule has 4 nitrogen and oxygen atoms in total. The number of sulfonamides is 1. The van der Waals surface area contributed by atoms with E-state index in [0.29, 0.717) is 5.76 Å². The summed E-state index contributed by atoms with van der Waals surface area (Å²) < 4.78 is 31.9. The molecule has 98 valence electrons. The van der Waals surface area contributed by atoms with Gasteiger partial charge in [-0.1, -0.05) is 23.6 Å². The zero-order valence-corrected chi connectivity index (χ0v) is 11.1. The molecule has 0 radical (unpaired) electrons. The van der Waals surface area contributed by atoms with E-state index in [1.54, 1.807) is 24.3 Å². The van der Waals surface area contributed by atoms with E-state index >= 15 is 0 Å². The third-order valence-corrected chi connectivity index (χ3v) is 4.04. The van der Waals surface area contributed by atoms with Crippen LogP contribution in [0.3, 0.4) is 0 Å². The molecule has 19 heavy (non-hydrogen) atoms. The largest absolute Gasteiger partial charge is 0.467 e. The minimum absolute atomic E-state index is 0.171. The van der Waals surface area contributed by atoms with Crippen LogP contribution in [0.1, 0.15) is 17.4 Å². The average Bonchev–Trinajstić information content (AvgIpc) is 2.90. The van der Waals surface area contributed by atoms with Crippen molar-refractivity contribution < 1.29 is 12.8 Å². The summed E-state index contributed by atoms with van der Waals surface area (Å²) in [6.07, 6.45) is 6.78. The Hall–Kier alpha value is -2.03. The highest BCUT2D eigenvalue weighted by Crippen LogP contribution is 2.17. The lowest BCUT2D eigenvalue weighted by Crippen LogP contribution is -2.27. The molecule has 1 heterocycles. The van der Waals surface area contributed by atoms with Crippen molar-refractivity contribution in [3.63, 3.8) is 0 Å². The summed E-state index contributed by atoms with van der Waals surface area (Å²) in [5.41, 5.74) is 0.985. The summed E-state index contributed by atoms with van der Waals surface area (Å²) in [4.78, 5) is 0.171. The van der Waals surface area contributed by atoms with Gasteiger partial charge in [0.15, 0.2) is 0 Å². The van der Waals surface area contributed by atoms with E-state index in [1.807, 2.05) is 6.92 Å². The predicted molar refractivity (Wildman–Crippen MR) is 71.8 cm³/mol. The smallest absolute Gasteiger partial charge is 0.242 e. The topological polar surface area (TPSA) is 59.3 Å². The number of furan rings is 1. The van der Waals surface area contributed by atoms with Crippen LogP contribution in [0.2, 0.25) is 0 Å². The van der Waals surface area contributed by atoms with Crippen molar-refractivity contribution in [2.75, 3.05) is 0 Å². The van der Waals surface area contributed by atoms with Crippen LogP contribution in [0.4, 0.5) is 0 Å². The maximum atomic E-state index is 12.2. The molecule has 1 atom stereocenters. The zero-order chi connectivity index (χ0) is 13.9. The highest BCUT2D eigenvalue weighted by Gasteiger charge is 2.21. The standard InChI is InChI=1S/C14H13NO3S/c1-3-13(14-5-4-10-18-14)15-19(16,17)12-8-6-11(2)7-9-12/h1,4-10,13,15H,2H3. The fourth-order valence-corrected chi connectivity index (χ4v) is 2.70. The molecule has 1 N–H and O–H groups in total. The normalized spacial score (nSPS) is 12.8. The summed E-state index contributed by atoms with van der Waals surface area (Å²) in [5.74, 6) is 2.74. The first-order chi connectivity index (χ1) is 9.03. The monoisotopic (exact) mass is 275 g/mol. The van der Waals surface area contributed by atoms with Crippen LogP contribution in [-0.4, -0.2) is 8.42 Å². The van der Waals surface area contributed by atoms with Crippen molar-refractivity contribution in [1.29, 1.82) is 0 Å². The first-order valence-corrected chi connectivity index (χ1v) is 7.10. The molecule has 0 saturated heterocycles. The molecule has 2 aromatic rings. The van der Waals surface area contributed by atoms with Crippen molar-refractivity contribution in [1.82, 2.24) is 4.72 Å². The van der Waals surface area contributed by atoms with Gasteiger partial charge in [0.05, 0.1) is 11.2 Å². The molecule has 1 unspecified atom stereocenters. The van der Waals surface area contributed by atoms with E-state index in [9.17, 15) is 8.42 Å². The highest BCUT2D eigenvalue weighted by molar-refractivity contribution is 7.89. The molecule has 0 bridgehead atoms. The molecular weight excluding hydrogens is 262 g/mol. The predicted octanol–water partition coefficient (Wildman–Crippen LogP) is 2.24. The summed E-state index contributed by atoms with van der Waals surface area (Å²) in [5, 5.41) is 0. The molecule has 0 amide bonds. The van der Waals surface area contributed by atoms with Crippen LogP contribution >= 0.6 is 0 Å². The van der Waals surface area contributed by atoms with E-state index in [0.717, 1.165) is 5.56 Å². The van der Waals surface area contributed by atoms with E-state index in [-0.39, 0.29) is 4.90 Å². The maximum absolute atomic E-state index is 12.2. The first kappa shape index (κ1) is 13.4. The number of hydrogen-bond donors (Lipinski definition) is 1. The van der Waals surface area contributed by atoms with E-state index in [2.05, 4.69) is 10.6 Å². The number of nitrogens with one attached hydrogen (secondary N) is 1. The van der Waals surface area contributed by atoms with Crippen molar-refractivity contribution in [3.8, 4) is 12.3 Å². The van der Waals surface area contributed by atoms with Gasteiger partial charge in [-0.05, 0) is 31.2 Å². The number of benzene rings is 1. The van der Waals surface area contributed by atoms with Crippen molar-refractivity contribution in [2.45, 2.75) is 17.9 Å². The Morgan fingerprint density at radius 2 is 1.95 bits per heavy atom. The van der Waals surface area contributed by atoms with Crippen LogP contribution < -0.4 is 4.72 Å². The van der Waals surface area contributed by atoms with Crippen molar-refractivity contribution in [2.24, 2.45) is 0 Å². The molecule has 0 spiro atoms. The van der Waals surface area contributed by atoms with Gasteiger partial charge in [-0.2, -0.15) is 4.72 Å². The second-order valence-electron chi connectivity index (χ2n) is 4.05. The Labute approximate surface area is 112 Å². The minimum atomic E-state index is -3.67. The number of terminal acetylenes is 1. The lowest BCUT2D eigenvalue weighted by atomic mass is 10.2. The molecule has 5 heteroatoms. The van der Waals surface area contributed by atoms with Gasteiger partial charge in [0.25, 0.3) is 0 Å². The molecule has 0 saturated carbocycles. The van der Waals surface area contributed by atoms with Crippen LogP contribution in [0.5, 0.6) is 0 Å². The van der Waals surface area contributed by atoms with Gasteiger partial charge in [-0.15, -0.1) is 6.42 Å². The van der Waals surface area contributed by atoms with Crippen LogP contribution in [0.15, 0.2) is 52.0 Å². The summed E-state index contributed by atoms with van der Waals surface area (Å²) >= 11 is 0. The second-order valence-corrected chi connectivity index (χ2v) is 5.76. The van der Waals surface area contributed by atoms with Gasteiger partial charge < -0.3 is 4.42 Å². The van der Waals surface area contributed by atoms with Crippen molar-refractivity contribution in [3.05, 3.63) is 54.0 Å². The lowest BCUT2D eigenvalue weighted by Gasteiger charge is -2.11. The molecule has 0 aliphatic rings. The fourth-order valence-electron chi connectivity index (χ4n) is 1.57. The Morgan fingerprint density at radius 3 is 2.47 bits per heavy atom. The number of rotatable bonds is 4. The van der Waals surface area contributed by atoms with Gasteiger partial charge in [-0.25, -0.2) is 8.42 Å². The van der Waals surface area contributed by atoms with Crippen LogP contribution in [0, 0.1) is 19.3 Å². The highest BCUT2D eigenvalue weighted by atomic mass is 32.2. The second kappa shape index (κ2) is 5.31. The summed E-state index contributed by atoms with van der Waals surface area (Å²) in [7, 11) is -3.67. The van der Waals surface area contributed by atoms with Crippen LogP contribution in [0.25, 0.3) is 0 Å². The van der Waals surface area contributed by atoms with Gasteiger partial charge in [0.2, 0.25) is 10.0 Å². The van der Waals surface area contributed by atoms with Gasteiger partial charge in [0.1, 0.15) is 11.8 Å². The number of aryl methyl sites for hydroxylation is 1. The summed E-state index contributed by atoms with van der Waals surface area (Å²) in [6.45, 7) is 1.89. The molecule has 2 rings (SSSR count). The van der Waals surface area contributed by atoms with Gasteiger partial charge in [0, 0.05) is 0 Å². The molecule has 0 aliphatic heterocycles.